The Bertz CT molecular complexity index is 369. The SMILES string of the molecule is Cc1cccc(C2(C)CCC(=O)CC2)c1. The van der Waals surface area contributed by atoms with Crippen LogP contribution < -0.4 is 0 Å². The number of aryl methyl sites for hydroxylation is 1. The van der Waals surface area contributed by atoms with Gasteiger partial charge in [0, 0.05) is 12.8 Å². The van der Waals surface area contributed by atoms with Gasteiger partial charge in [-0.15, -0.1) is 0 Å². The van der Waals surface area contributed by atoms with Gasteiger partial charge in [0.2, 0.25) is 0 Å². The van der Waals surface area contributed by atoms with Gasteiger partial charge < -0.3 is 0 Å². The highest BCUT2D eigenvalue weighted by atomic mass is 16.1. The van der Waals surface area contributed by atoms with E-state index in [1.807, 2.05) is 0 Å². The van der Waals surface area contributed by atoms with Crippen LogP contribution in [0.4, 0.5) is 0 Å². The van der Waals surface area contributed by atoms with Gasteiger partial charge in [-0.1, -0.05) is 36.8 Å². The first-order valence-electron chi connectivity index (χ1n) is 5.69. The van der Waals surface area contributed by atoms with Crippen molar-refractivity contribution in [3.63, 3.8) is 0 Å². The first-order valence-corrected chi connectivity index (χ1v) is 5.69. The van der Waals surface area contributed by atoms with Crippen LogP contribution in [0.1, 0.15) is 43.7 Å². The Morgan fingerprint density at radius 2 is 1.87 bits per heavy atom. The Hall–Kier alpha value is -1.11. The summed E-state index contributed by atoms with van der Waals surface area (Å²) >= 11 is 0. The highest BCUT2D eigenvalue weighted by Gasteiger charge is 2.31. The van der Waals surface area contributed by atoms with Gasteiger partial charge in [0.15, 0.2) is 0 Å². The highest BCUT2D eigenvalue weighted by Crippen LogP contribution is 2.37. The molecule has 1 saturated carbocycles. The maximum Gasteiger partial charge on any atom is 0.132 e. The molecular formula is C14H18O. The second-order valence-electron chi connectivity index (χ2n) is 4.97. The number of hydrogen-bond donors (Lipinski definition) is 0. The molecule has 0 heterocycles. The van der Waals surface area contributed by atoms with E-state index in [9.17, 15) is 4.79 Å². The maximum atomic E-state index is 11.2. The lowest BCUT2D eigenvalue weighted by atomic mass is 9.70. The highest BCUT2D eigenvalue weighted by molar-refractivity contribution is 5.79. The van der Waals surface area contributed by atoms with E-state index in [1.165, 1.54) is 11.1 Å². The Balaban J connectivity index is 2.25. The Morgan fingerprint density at radius 1 is 1.20 bits per heavy atom. The fraction of sp³-hybridized carbons (Fsp3) is 0.500. The standard InChI is InChI=1S/C14H18O/c1-11-4-3-5-12(10-11)14(2)8-6-13(15)7-9-14/h3-5,10H,6-9H2,1-2H3. The molecule has 1 aromatic carbocycles. The van der Waals surface area contributed by atoms with Crippen molar-refractivity contribution in [1.82, 2.24) is 0 Å². The van der Waals surface area contributed by atoms with Crippen LogP contribution in [0.2, 0.25) is 0 Å². The van der Waals surface area contributed by atoms with E-state index in [-0.39, 0.29) is 5.41 Å². The van der Waals surface area contributed by atoms with E-state index in [2.05, 4.69) is 38.1 Å². The summed E-state index contributed by atoms with van der Waals surface area (Å²) in [6.07, 6.45) is 3.53. The lowest BCUT2D eigenvalue weighted by molar-refractivity contribution is -0.121. The predicted molar refractivity (Wildman–Crippen MR) is 62.0 cm³/mol. The van der Waals surface area contributed by atoms with Crippen molar-refractivity contribution in [1.29, 1.82) is 0 Å². The summed E-state index contributed by atoms with van der Waals surface area (Å²) in [6, 6.07) is 8.70. The normalized spacial score (nSPS) is 20.3. The minimum Gasteiger partial charge on any atom is -0.300 e. The second kappa shape index (κ2) is 3.80. The molecule has 0 bridgehead atoms. The zero-order valence-electron chi connectivity index (χ0n) is 9.55. The molecule has 1 aromatic rings. The second-order valence-corrected chi connectivity index (χ2v) is 4.97. The van der Waals surface area contributed by atoms with E-state index in [1.54, 1.807) is 0 Å². The largest absolute Gasteiger partial charge is 0.300 e. The first kappa shape index (κ1) is 10.4. The van der Waals surface area contributed by atoms with Gasteiger partial charge >= 0.3 is 0 Å². The van der Waals surface area contributed by atoms with Crippen molar-refractivity contribution in [3.05, 3.63) is 35.4 Å². The molecule has 0 spiro atoms. The summed E-state index contributed by atoms with van der Waals surface area (Å²) < 4.78 is 0. The molecule has 1 nitrogen and oxygen atoms in total. The Morgan fingerprint density at radius 3 is 2.47 bits per heavy atom. The molecule has 1 aliphatic rings. The Labute approximate surface area is 91.5 Å². The minimum absolute atomic E-state index is 0.222. The number of hydrogen-bond acceptors (Lipinski definition) is 1. The van der Waals surface area contributed by atoms with E-state index in [0.29, 0.717) is 5.78 Å². The van der Waals surface area contributed by atoms with Crippen molar-refractivity contribution >= 4 is 5.78 Å². The molecule has 0 N–H and O–H groups in total. The van der Waals surface area contributed by atoms with Crippen LogP contribution in [0.25, 0.3) is 0 Å². The van der Waals surface area contributed by atoms with Crippen LogP contribution in [-0.4, -0.2) is 5.78 Å². The van der Waals surface area contributed by atoms with Gasteiger partial charge in [-0.3, -0.25) is 4.79 Å². The number of benzene rings is 1. The van der Waals surface area contributed by atoms with Crippen LogP contribution in [-0.2, 0) is 10.2 Å². The van der Waals surface area contributed by atoms with E-state index in [4.69, 9.17) is 0 Å². The zero-order valence-corrected chi connectivity index (χ0v) is 9.55. The molecule has 0 radical (unpaired) electrons. The molecule has 1 heteroatoms. The molecule has 1 aliphatic carbocycles. The van der Waals surface area contributed by atoms with Crippen LogP contribution in [0, 0.1) is 6.92 Å². The maximum absolute atomic E-state index is 11.2. The van der Waals surface area contributed by atoms with Crippen molar-refractivity contribution in [2.45, 2.75) is 44.9 Å². The van der Waals surface area contributed by atoms with E-state index < -0.39 is 0 Å². The fourth-order valence-corrected chi connectivity index (χ4v) is 2.39. The summed E-state index contributed by atoms with van der Waals surface area (Å²) in [5, 5.41) is 0. The van der Waals surface area contributed by atoms with Crippen LogP contribution in [0.5, 0.6) is 0 Å². The third-order valence-electron chi connectivity index (χ3n) is 3.63. The van der Waals surface area contributed by atoms with Crippen molar-refractivity contribution in [3.8, 4) is 0 Å². The molecule has 1 fully saturated rings. The van der Waals surface area contributed by atoms with Gasteiger partial charge in [-0.2, -0.15) is 0 Å². The van der Waals surface area contributed by atoms with Gasteiger partial charge in [-0.25, -0.2) is 0 Å². The number of rotatable bonds is 1. The average molecular weight is 202 g/mol. The van der Waals surface area contributed by atoms with Crippen molar-refractivity contribution < 1.29 is 4.79 Å². The number of carbonyl (C=O) groups is 1. The summed E-state index contributed by atoms with van der Waals surface area (Å²) in [7, 11) is 0. The first-order chi connectivity index (χ1) is 7.10. The van der Waals surface area contributed by atoms with E-state index >= 15 is 0 Å². The fourth-order valence-electron chi connectivity index (χ4n) is 2.39. The molecule has 2 rings (SSSR count). The smallest absolute Gasteiger partial charge is 0.132 e. The molecule has 0 amide bonds. The number of carbonyl (C=O) groups excluding carboxylic acids is 1. The summed E-state index contributed by atoms with van der Waals surface area (Å²) in [4.78, 5) is 11.2. The van der Waals surface area contributed by atoms with Crippen LogP contribution >= 0.6 is 0 Å². The lowest BCUT2D eigenvalue weighted by Crippen LogP contribution is -2.28. The molecule has 80 valence electrons. The molecule has 0 aliphatic heterocycles. The number of Topliss-reactive ketones (excluding diaryl/α,β-unsaturated/α-hetero) is 1. The van der Waals surface area contributed by atoms with Crippen molar-refractivity contribution in [2.75, 3.05) is 0 Å². The van der Waals surface area contributed by atoms with Gasteiger partial charge in [-0.05, 0) is 30.7 Å². The van der Waals surface area contributed by atoms with Crippen molar-refractivity contribution in [2.24, 2.45) is 0 Å². The molecule has 0 saturated heterocycles. The third kappa shape index (κ3) is 2.11. The topological polar surface area (TPSA) is 17.1 Å². The quantitative estimate of drug-likeness (QED) is 0.682. The molecular weight excluding hydrogens is 184 g/mol. The zero-order chi connectivity index (χ0) is 10.9. The predicted octanol–water partition coefficient (Wildman–Crippen LogP) is 3.40. The molecule has 15 heavy (non-hydrogen) atoms. The molecule has 0 unspecified atom stereocenters. The minimum atomic E-state index is 0.222. The monoisotopic (exact) mass is 202 g/mol. The Kier molecular flexibility index (Phi) is 2.64. The number of ketones is 1. The van der Waals surface area contributed by atoms with E-state index in [0.717, 1.165) is 25.7 Å². The molecule has 0 aromatic heterocycles. The van der Waals surface area contributed by atoms with Crippen LogP contribution in [0.15, 0.2) is 24.3 Å². The summed E-state index contributed by atoms with van der Waals surface area (Å²) in [5.41, 5.74) is 2.93. The van der Waals surface area contributed by atoms with Gasteiger partial charge in [0.1, 0.15) is 5.78 Å². The van der Waals surface area contributed by atoms with Gasteiger partial charge in [0.05, 0.1) is 0 Å². The molecule has 0 atom stereocenters. The summed E-state index contributed by atoms with van der Waals surface area (Å²) in [6.45, 7) is 4.41. The van der Waals surface area contributed by atoms with Gasteiger partial charge in [0.25, 0.3) is 0 Å². The lowest BCUT2D eigenvalue weighted by Gasteiger charge is -2.33. The summed E-state index contributed by atoms with van der Waals surface area (Å²) in [5.74, 6) is 0.431. The average Bonchev–Trinajstić information content (AvgIpc) is 2.23. The third-order valence-corrected chi connectivity index (χ3v) is 3.63. The van der Waals surface area contributed by atoms with Crippen LogP contribution in [0.3, 0.4) is 0 Å².